The number of halogens is 2. The molecule has 0 aliphatic heterocycles. The number of esters is 1. The van der Waals surface area contributed by atoms with Crippen LogP contribution in [0, 0.1) is 5.82 Å². The van der Waals surface area contributed by atoms with E-state index in [0.29, 0.717) is 17.9 Å². The Balaban J connectivity index is 0.00000420. The van der Waals surface area contributed by atoms with Crippen molar-refractivity contribution in [2.75, 3.05) is 39.0 Å². The number of carbonyl (C=O) groups excluding carboxylic acids is 1. The van der Waals surface area contributed by atoms with Crippen molar-refractivity contribution in [3.63, 3.8) is 0 Å². The predicted molar refractivity (Wildman–Crippen MR) is 115 cm³/mol. The average molecular weight is 531 g/mol. The summed E-state index contributed by atoms with van der Waals surface area (Å²) in [5.74, 6) is -0.155. The van der Waals surface area contributed by atoms with Gasteiger partial charge in [0.2, 0.25) is 0 Å². The molecule has 2 rings (SSSR count). The lowest BCUT2D eigenvalue weighted by molar-refractivity contribution is -0.906. The summed E-state index contributed by atoms with van der Waals surface area (Å²) in [6, 6.07) is 15.9. The van der Waals surface area contributed by atoms with Crippen molar-refractivity contribution in [3.05, 3.63) is 71.5 Å². The summed E-state index contributed by atoms with van der Waals surface area (Å²) < 4.78 is 20.2. The van der Waals surface area contributed by atoms with Crippen LogP contribution in [-0.4, -0.2) is 49.5 Å². The van der Waals surface area contributed by atoms with Crippen molar-refractivity contribution in [3.8, 4) is 0 Å². The highest BCUT2D eigenvalue weighted by atomic mass is 127. The topological polar surface area (TPSA) is 26.3 Å². The molecule has 0 N–H and O–H groups in total. The monoisotopic (exact) mass is 531 g/mol. The van der Waals surface area contributed by atoms with Gasteiger partial charge in [-0.2, -0.15) is 0 Å². The summed E-state index contributed by atoms with van der Waals surface area (Å²) in [6.07, 6.45) is 0. The van der Waals surface area contributed by atoms with E-state index in [1.807, 2.05) is 37.3 Å². The Hall–Kier alpha value is -1.12. The number of thioether (sulfide) groups is 1. The molecule has 6 heteroatoms. The van der Waals surface area contributed by atoms with Gasteiger partial charge in [0.1, 0.15) is 19.0 Å². The van der Waals surface area contributed by atoms with Gasteiger partial charge in [-0.3, -0.25) is 0 Å². The molecular formula is C23H31FINO2S. The van der Waals surface area contributed by atoms with E-state index >= 15 is 0 Å². The second-order valence-corrected chi connectivity index (χ2v) is 8.55. The Morgan fingerprint density at radius 3 is 2.17 bits per heavy atom. The summed E-state index contributed by atoms with van der Waals surface area (Å²) in [6.45, 7) is 9.21. The molecule has 0 saturated carbocycles. The van der Waals surface area contributed by atoms with Crippen LogP contribution in [0.25, 0.3) is 0 Å². The molecule has 0 aliphatic carbocycles. The molecule has 2 aromatic carbocycles. The van der Waals surface area contributed by atoms with Crippen molar-refractivity contribution in [1.82, 2.24) is 0 Å². The largest absolute Gasteiger partial charge is 1.00 e. The smallest absolute Gasteiger partial charge is 0.331 e. The molecular weight excluding hydrogens is 500 g/mol. The second-order valence-electron chi connectivity index (χ2n) is 7.07. The predicted octanol–water partition coefficient (Wildman–Crippen LogP) is 1.86. The molecule has 1 atom stereocenters. The fourth-order valence-electron chi connectivity index (χ4n) is 3.24. The molecule has 0 heterocycles. The molecule has 0 fully saturated rings. The van der Waals surface area contributed by atoms with Crippen LogP contribution in [0.5, 0.6) is 0 Å². The molecule has 0 bridgehead atoms. The second kappa shape index (κ2) is 11.9. The van der Waals surface area contributed by atoms with E-state index in [1.54, 1.807) is 18.2 Å². The maximum Gasteiger partial charge on any atom is 0.331 e. The fourth-order valence-corrected chi connectivity index (χ4v) is 4.47. The Kier molecular flexibility index (Phi) is 10.6. The van der Waals surface area contributed by atoms with Gasteiger partial charge in [0.25, 0.3) is 0 Å². The minimum atomic E-state index is -1.22. The molecule has 0 spiro atoms. The molecule has 29 heavy (non-hydrogen) atoms. The number of likely N-dealkylation sites (N-methyl/N-ethyl adjacent to an activating group) is 1. The Bertz CT molecular complexity index is 770. The van der Waals surface area contributed by atoms with Crippen LogP contribution >= 0.6 is 11.8 Å². The van der Waals surface area contributed by atoms with Crippen molar-refractivity contribution < 1.29 is 42.4 Å². The highest BCUT2D eigenvalue weighted by Gasteiger charge is 2.45. The number of ether oxygens (including phenoxy) is 1. The summed E-state index contributed by atoms with van der Waals surface area (Å²) >= 11 is 1.40. The normalized spacial score (nSPS) is 13.3. The van der Waals surface area contributed by atoms with Crippen molar-refractivity contribution in [2.45, 2.75) is 25.5 Å². The molecule has 160 valence electrons. The zero-order chi connectivity index (χ0) is 20.6. The van der Waals surface area contributed by atoms with Crippen molar-refractivity contribution >= 4 is 17.7 Å². The van der Waals surface area contributed by atoms with Gasteiger partial charge in [-0.25, -0.2) is 9.18 Å². The maximum absolute atomic E-state index is 14.9. The van der Waals surface area contributed by atoms with E-state index < -0.39 is 16.5 Å². The van der Waals surface area contributed by atoms with Gasteiger partial charge in [0.05, 0.1) is 20.1 Å². The molecule has 0 aromatic heterocycles. The number of carbonyl (C=O) groups is 1. The maximum atomic E-state index is 14.9. The summed E-state index contributed by atoms with van der Waals surface area (Å²) in [4.78, 5) is 13.5. The third-order valence-electron chi connectivity index (χ3n) is 5.47. The van der Waals surface area contributed by atoms with E-state index in [2.05, 4.69) is 20.9 Å². The Labute approximate surface area is 195 Å². The van der Waals surface area contributed by atoms with Crippen LogP contribution in [0.1, 0.15) is 31.9 Å². The lowest BCUT2D eigenvalue weighted by Crippen LogP contribution is -3.00. The standard InChI is InChI=1S/C23H31FNO2S.HI/c1-5-25(4,6-2)17-18-27-22(26)23(28-7-3,19-13-9-8-10-14-19)20-15-11-12-16-21(20)24;/h8-16H,5-7,17-18H2,1-4H3;1H/q+1;/p-1. The first kappa shape index (κ1) is 25.9. The van der Waals surface area contributed by atoms with Gasteiger partial charge in [0.15, 0.2) is 4.75 Å². The number of benzene rings is 2. The van der Waals surface area contributed by atoms with E-state index in [1.165, 1.54) is 17.8 Å². The zero-order valence-corrected chi connectivity index (χ0v) is 20.6. The van der Waals surface area contributed by atoms with E-state index in [-0.39, 0.29) is 24.0 Å². The number of hydrogen-bond acceptors (Lipinski definition) is 3. The number of rotatable bonds is 10. The lowest BCUT2D eigenvalue weighted by atomic mass is 9.89. The van der Waals surface area contributed by atoms with Crippen LogP contribution in [0.4, 0.5) is 4.39 Å². The fraction of sp³-hybridized carbons (Fsp3) is 0.435. The van der Waals surface area contributed by atoms with Gasteiger partial charge in [-0.1, -0.05) is 55.5 Å². The number of hydrogen-bond donors (Lipinski definition) is 0. The van der Waals surface area contributed by atoms with E-state index in [9.17, 15) is 9.18 Å². The van der Waals surface area contributed by atoms with Crippen LogP contribution in [0.2, 0.25) is 0 Å². The van der Waals surface area contributed by atoms with Gasteiger partial charge in [0, 0.05) is 5.56 Å². The third-order valence-corrected chi connectivity index (χ3v) is 6.82. The first-order chi connectivity index (χ1) is 13.4. The van der Waals surface area contributed by atoms with Crippen molar-refractivity contribution in [2.24, 2.45) is 0 Å². The highest BCUT2D eigenvalue weighted by Crippen LogP contribution is 2.45. The SMILES string of the molecule is CCSC(C(=O)OCC[N+](C)(CC)CC)(c1ccccc1)c1ccccc1F.[I-]. The van der Waals surface area contributed by atoms with Gasteiger partial charge in [-0.05, 0) is 31.2 Å². The van der Waals surface area contributed by atoms with Gasteiger partial charge in [-0.15, -0.1) is 11.8 Å². The van der Waals surface area contributed by atoms with Gasteiger partial charge >= 0.3 is 5.97 Å². The van der Waals surface area contributed by atoms with Crippen LogP contribution in [0.15, 0.2) is 54.6 Å². The summed E-state index contributed by atoms with van der Waals surface area (Å²) in [7, 11) is 2.15. The van der Waals surface area contributed by atoms with Crippen LogP contribution < -0.4 is 24.0 Å². The molecule has 0 aliphatic rings. The van der Waals surface area contributed by atoms with E-state index in [0.717, 1.165) is 29.7 Å². The van der Waals surface area contributed by atoms with Crippen molar-refractivity contribution in [1.29, 1.82) is 0 Å². The Morgan fingerprint density at radius 1 is 1.03 bits per heavy atom. The molecule has 0 amide bonds. The zero-order valence-electron chi connectivity index (χ0n) is 17.7. The van der Waals surface area contributed by atoms with E-state index in [4.69, 9.17) is 4.74 Å². The minimum absolute atomic E-state index is 0. The van der Waals surface area contributed by atoms with Crippen LogP contribution in [0.3, 0.4) is 0 Å². The lowest BCUT2D eigenvalue weighted by Gasteiger charge is -2.34. The quantitative estimate of drug-likeness (QED) is 0.266. The Morgan fingerprint density at radius 2 is 1.62 bits per heavy atom. The molecule has 1 unspecified atom stereocenters. The molecule has 2 aromatic rings. The molecule has 0 saturated heterocycles. The van der Waals surface area contributed by atoms with Gasteiger partial charge < -0.3 is 33.2 Å². The summed E-state index contributed by atoms with van der Waals surface area (Å²) in [5, 5.41) is 0. The number of nitrogens with zero attached hydrogens (tertiary/aromatic N) is 1. The first-order valence-corrected chi connectivity index (χ1v) is 10.9. The number of quaternary nitrogens is 1. The van der Waals surface area contributed by atoms with Crippen LogP contribution in [-0.2, 0) is 14.3 Å². The molecule has 0 radical (unpaired) electrons. The third kappa shape index (κ3) is 5.95. The average Bonchev–Trinajstić information content (AvgIpc) is 2.73. The molecule has 3 nitrogen and oxygen atoms in total. The minimum Gasteiger partial charge on any atom is -1.00 e. The summed E-state index contributed by atoms with van der Waals surface area (Å²) in [5.41, 5.74) is 1.08. The first-order valence-electron chi connectivity index (χ1n) is 9.88. The highest BCUT2D eigenvalue weighted by molar-refractivity contribution is 8.01.